The second-order valence-corrected chi connectivity index (χ2v) is 3.08. The van der Waals surface area contributed by atoms with Crippen molar-refractivity contribution in [3.8, 4) is 0 Å². The van der Waals surface area contributed by atoms with Crippen LogP contribution in [0.3, 0.4) is 0 Å². The van der Waals surface area contributed by atoms with Gasteiger partial charge in [0.05, 0.1) is 0 Å². The third kappa shape index (κ3) is 2.06. The van der Waals surface area contributed by atoms with Crippen molar-refractivity contribution >= 4 is 0 Å². The zero-order valence-electron chi connectivity index (χ0n) is 8.47. The lowest BCUT2D eigenvalue weighted by Crippen LogP contribution is -2.39. The minimum atomic E-state index is -1.26. The summed E-state index contributed by atoms with van der Waals surface area (Å²) in [5, 5.41) is 10.1. The van der Waals surface area contributed by atoms with Gasteiger partial charge in [-0.3, -0.25) is 0 Å². The van der Waals surface area contributed by atoms with E-state index in [1.165, 1.54) is 32.9 Å². The number of hydrogen-bond acceptors (Lipinski definition) is 5. The minimum Gasteiger partial charge on any atom is -0.380 e. The molecule has 1 heterocycles. The summed E-state index contributed by atoms with van der Waals surface area (Å²) in [6.07, 6.45) is 3.71. The molecule has 0 radical (unpaired) electrons. The van der Waals surface area contributed by atoms with Gasteiger partial charge in [0.1, 0.15) is 11.9 Å². The summed E-state index contributed by atoms with van der Waals surface area (Å²) in [6, 6.07) is 0. The molecule has 5 nitrogen and oxygen atoms in total. The summed E-state index contributed by atoms with van der Waals surface area (Å²) in [5.74, 6) is 0. The van der Waals surface area contributed by atoms with Gasteiger partial charge in [-0.25, -0.2) is 9.97 Å². The Morgan fingerprint density at radius 1 is 1.29 bits per heavy atom. The molecule has 1 atom stereocenters. The zero-order chi connectivity index (χ0) is 10.6. The van der Waals surface area contributed by atoms with E-state index >= 15 is 0 Å². The first-order valence-electron chi connectivity index (χ1n) is 4.16. The van der Waals surface area contributed by atoms with E-state index in [1.54, 1.807) is 6.92 Å². The Hall–Kier alpha value is -1.04. The molecule has 1 unspecified atom stereocenters. The Kier molecular flexibility index (Phi) is 3.51. The fourth-order valence-corrected chi connectivity index (χ4v) is 1.25. The van der Waals surface area contributed by atoms with E-state index in [9.17, 15) is 5.11 Å². The lowest BCUT2D eigenvalue weighted by Gasteiger charge is -2.30. The monoisotopic (exact) mass is 198 g/mol. The van der Waals surface area contributed by atoms with E-state index in [1.807, 2.05) is 0 Å². The Balaban J connectivity index is 2.94. The van der Waals surface area contributed by atoms with Crippen LogP contribution in [0.4, 0.5) is 0 Å². The third-order valence-corrected chi connectivity index (χ3v) is 2.03. The normalized spacial score (nSPS) is 15.5. The predicted octanol–water partition coefficient (Wildman–Crippen LogP) is 0.303. The van der Waals surface area contributed by atoms with Crippen molar-refractivity contribution in [2.45, 2.75) is 18.8 Å². The number of ether oxygens (including phenoxy) is 2. The maximum atomic E-state index is 10.1. The van der Waals surface area contributed by atoms with Crippen LogP contribution in [-0.4, -0.2) is 35.6 Å². The van der Waals surface area contributed by atoms with Gasteiger partial charge in [-0.15, -0.1) is 0 Å². The molecule has 0 saturated heterocycles. The van der Waals surface area contributed by atoms with E-state index in [-0.39, 0.29) is 0 Å². The van der Waals surface area contributed by atoms with Crippen molar-refractivity contribution in [3.63, 3.8) is 0 Å². The van der Waals surface area contributed by atoms with Crippen LogP contribution < -0.4 is 0 Å². The Morgan fingerprint density at radius 3 is 2.21 bits per heavy atom. The van der Waals surface area contributed by atoms with Crippen LogP contribution >= 0.6 is 0 Å². The van der Waals surface area contributed by atoms with Crippen molar-refractivity contribution in [1.29, 1.82) is 0 Å². The quantitative estimate of drug-likeness (QED) is 0.705. The third-order valence-electron chi connectivity index (χ3n) is 2.03. The molecular weight excluding hydrogens is 184 g/mol. The van der Waals surface area contributed by atoms with Gasteiger partial charge in [0.25, 0.3) is 0 Å². The first kappa shape index (κ1) is 11.0. The van der Waals surface area contributed by atoms with Crippen LogP contribution in [0, 0.1) is 0 Å². The standard InChI is InChI=1S/C9H14N2O3/c1-9(12,8(13-2)14-3)7-4-10-6-11-5-7/h4-6,8,12H,1-3H3. The molecule has 0 aliphatic carbocycles. The summed E-state index contributed by atoms with van der Waals surface area (Å²) in [4.78, 5) is 7.64. The molecule has 1 rings (SSSR count). The molecule has 0 amide bonds. The highest BCUT2D eigenvalue weighted by molar-refractivity contribution is 5.13. The molecule has 1 aromatic heterocycles. The fraction of sp³-hybridized carbons (Fsp3) is 0.556. The molecule has 0 aliphatic rings. The lowest BCUT2D eigenvalue weighted by molar-refractivity contribution is -0.213. The lowest BCUT2D eigenvalue weighted by atomic mass is 9.98. The van der Waals surface area contributed by atoms with Gasteiger partial charge in [-0.1, -0.05) is 0 Å². The summed E-state index contributed by atoms with van der Waals surface area (Å²) >= 11 is 0. The number of rotatable bonds is 4. The first-order chi connectivity index (χ1) is 6.62. The average Bonchev–Trinajstić information content (AvgIpc) is 2.20. The molecule has 14 heavy (non-hydrogen) atoms. The number of hydrogen-bond donors (Lipinski definition) is 1. The maximum absolute atomic E-state index is 10.1. The van der Waals surface area contributed by atoms with Gasteiger partial charge in [-0.2, -0.15) is 0 Å². The molecule has 1 N–H and O–H groups in total. The Morgan fingerprint density at radius 2 is 1.79 bits per heavy atom. The van der Waals surface area contributed by atoms with Gasteiger partial charge >= 0.3 is 0 Å². The highest BCUT2D eigenvalue weighted by atomic mass is 16.7. The van der Waals surface area contributed by atoms with Crippen LogP contribution in [0.25, 0.3) is 0 Å². The molecule has 0 fully saturated rings. The molecule has 0 bridgehead atoms. The molecule has 0 saturated carbocycles. The van der Waals surface area contributed by atoms with Gasteiger partial charge in [0, 0.05) is 32.2 Å². The molecular formula is C9H14N2O3. The average molecular weight is 198 g/mol. The molecule has 0 aromatic carbocycles. The molecule has 5 heteroatoms. The smallest absolute Gasteiger partial charge is 0.189 e. The van der Waals surface area contributed by atoms with Crippen molar-refractivity contribution in [1.82, 2.24) is 9.97 Å². The van der Waals surface area contributed by atoms with Crippen molar-refractivity contribution in [2.75, 3.05) is 14.2 Å². The minimum absolute atomic E-state index is 0.550. The second kappa shape index (κ2) is 4.45. The number of methoxy groups -OCH3 is 2. The van der Waals surface area contributed by atoms with Crippen molar-refractivity contribution in [3.05, 3.63) is 24.3 Å². The van der Waals surface area contributed by atoms with E-state index in [2.05, 4.69) is 9.97 Å². The highest BCUT2D eigenvalue weighted by Crippen LogP contribution is 2.25. The van der Waals surface area contributed by atoms with Crippen LogP contribution in [0.1, 0.15) is 12.5 Å². The maximum Gasteiger partial charge on any atom is 0.189 e. The van der Waals surface area contributed by atoms with Gasteiger partial charge in [-0.05, 0) is 6.92 Å². The van der Waals surface area contributed by atoms with E-state index in [4.69, 9.17) is 9.47 Å². The molecule has 78 valence electrons. The molecule has 0 aliphatic heterocycles. The second-order valence-electron chi connectivity index (χ2n) is 3.08. The Labute approximate surface area is 82.7 Å². The largest absolute Gasteiger partial charge is 0.380 e. The topological polar surface area (TPSA) is 64.5 Å². The first-order valence-corrected chi connectivity index (χ1v) is 4.16. The summed E-state index contributed by atoms with van der Waals surface area (Å²) in [7, 11) is 2.93. The van der Waals surface area contributed by atoms with Crippen molar-refractivity contribution < 1.29 is 14.6 Å². The Bertz CT molecular complexity index is 273. The van der Waals surface area contributed by atoms with Crippen LogP contribution in [0.2, 0.25) is 0 Å². The molecule has 0 spiro atoms. The van der Waals surface area contributed by atoms with Crippen LogP contribution in [0.15, 0.2) is 18.7 Å². The van der Waals surface area contributed by atoms with E-state index in [0.717, 1.165) is 0 Å². The number of aromatic nitrogens is 2. The summed E-state index contributed by atoms with van der Waals surface area (Å²) < 4.78 is 9.98. The summed E-state index contributed by atoms with van der Waals surface area (Å²) in [5.41, 5.74) is -0.709. The van der Waals surface area contributed by atoms with Gasteiger partial charge < -0.3 is 14.6 Å². The van der Waals surface area contributed by atoms with E-state index < -0.39 is 11.9 Å². The number of aliphatic hydroxyl groups is 1. The van der Waals surface area contributed by atoms with Crippen molar-refractivity contribution in [2.24, 2.45) is 0 Å². The predicted molar refractivity (Wildman–Crippen MR) is 49.4 cm³/mol. The number of nitrogens with zero attached hydrogens (tertiary/aromatic N) is 2. The van der Waals surface area contributed by atoms with Gasteiger partial charge in [0.15, 0.2) is 6.29 Å². The SMILES string of the molecule is COC(OC)C(C)(O)c1cncnc1. The van der Waals surface area contributed by atoms with Gasteiger partial charge in [0.2, 0.25) is 0 Å². The summed E-state index contributed by atoms with van der Waals surface area (Å²) in [6.45, 7) is 1.59. The fourth-order valence-electron chi connectivity index (χ4n) is 1.25. The van der Waals surface area contributed by atoms with Crippen LogP contribution in [0.5, 0.6) is 0 Å². The molecule has 1 aromatic rings. The zero-order valence-corrected chi connectivity index (χ0v) is 8.47. The van der Waals surface area contributed by atoms with Crippen LogP contribution in [-0.2, 0) is 15.1 Å². The van der Waals surface area contributed by atoms with E-state index in [0.29, 0.717) is 5.56 Å². The highest BCUT2D eigenvalue weighted by Gasteiger charge is 2.34.